The molecule has 17 heteroatoms. The molecule has 0 unspecified atom stereocenters. The van der Waals surface area contributed by atoms with E-state index in [-0.39, 0.29) is 72.6 Å². The third-order valence-electron chi connectivity index (χ3n) is 4.83. The van der Waals surface area contributed by atoms with Crippen LogP contribution < -0.4 is 40.6 Å². The van der Waals surface area contributed by atoms with Crippen LogP contribution in [0.1, 0.15) is 41.4 Å². The van der Waals surface area contributed by atoms with Crippen molar-refractivity contribution >= 4 is 51.2 Å². The molecule has 0 heterocycles. The first-order chi connectivity index (χ1) is 21.0. The first-order valence-electron chi connectivity index (χ1n) is 11.5. The van der Waals surface area contributed by atoms with Crippen LogP contribution in [0.3, 0.4) is 0 Å². The zero-order chi connectivity index (χ0) is 33.1. The number of hydrogen-bond acceptors (Lipinski definition) is 12. The SMILES string of the molecule is O=C(O)c1ccccc1O[O-].O=C(O)c1ccccc1O[O-].O=C(O)c1ccccc1O[O-].O=C(O)c1ccccc1O[O-].[Pb]. The molecule has 0 bridgehead atoms. The van der Waals surface area contributed by atoms with E-state index in [0.29, 0.717) is 0 Å². The van der Waals surface area contributed by atoms with E-state index in [4.69, 9.17) is 20.4 Å². The number of aromatic carboxylic acids is 4. The molecule has 236 valence electrons. The van der Waals surface area contributed by atoms with Gasteiger partial charge in [0.1, 0.15) is 45.3 Å². The Balaban J connectivity index is 0.000000569. The van der Waals surface area contributed by atoms with Crippen LogP contribution in [0.25, 0.3) is 0 Å². The monoisotopic (exact) mass is 820 g/mol. The van der Waals surface area contributed by atoms with Crippen LogP contribution in [0, 0.1) is 0 Å². The van der Waals surface area contributed by atoms with Crippen LogP contribution in [0.5, 0.6) is 23.0 Å². The maximum absolute atomic E-state index is 10.4. The molecule has 0 aliphatic carbocycles. The van der Waals surface area contributed by atoms with Crippen LogP contribution >= 0.6 is 0 Å². The Morgan fingerprint density at radius 2 is 0.533 bits per heavy atom. The molecule has 4 N–H and O–H groups in total. The molecule has 4 aromatic rings. The molecule has 4 radical (unpaired) electrons. The molecule has 0 atom stereocenters. The summed E-state index contributed by atoms with van der Waals surface area (Å²) < 4.78 is 0. The van der Waals surface area contributed by atoms with E-state index in [9.17, 15) is 40.2 Å². The zero-order valence-electron chi connectivity index (χ0n) is 22.4. The summed E-state index contributed by atoms with van der Waals surface area (Å²) >= 11 is 0. The number of carboxylic acid groups (broad SMARTS) is 4. The minimum atomic E-state index is -1.17. The number of rotatable bonds is 8. The predicted octanol–water partition coefficient (Wildman–Crippen LogP) is -0.225. The Labute approximate surface area is 273 Å². The molecule has 0 spiro atoms. The summed E-state index contributed by atoms with van der Waals surface area (Å²) in [5.41, 5.74) is -0.491. The van der Waals surface area contributed by atoms with Crippen molar-refractivity contribution in [3.8, 4) is 23.0 Å². The summed E-state index contributed by atoms with van der Waals surface area (Å²) in [5, 5.41) is 73.5. The van der Waals surface area contributed by atoms with Gasteiger partial charge in [0.2, 0.25) is 0 Å². The molecular weight excluding hydrogens is 799 g/mol. The van der Waals surface area contributed by atoms with Gasteiger partial charge in [0.25, 0.3) is 0 Å². The third-order valence-corrected chi connectivity index (χ3v) is 4.83. The van der Waals surface area contributed by atoms with Crippen LogP contribution in [-0.4, -0.2) is 71.6 Å². The largest absolute Gasteiger partial charge is 0.664 e. The van der Waals surface area contributed by atoms with Crippen molar-refractivity contribution in [1.82, 2.24) is 0 Å². The van der Waals surface area contributed by atoms with Crippen LogP contribution in [-0.2, 0) is 0 Å². The Kier molecular flexibility index (Phi) is 18.9. The fourth-order valence-corrected chi connectivity index (χ4v) is 2.86. The second-order valence-corrected chi connectivity index (χ2v) is 7.54. The molecule has 45 heavy (non-hydrogen) atoms. The molecule has 0 fully saturated rings. The molecule has 0 aliphatic heterocycles. The van der Waals surface area contributed by atoms with Crippen molar-refractivity contribution in [2.45, 2.75) is 0 Å². The van der Waals surface area contributed by atoms with E-state index in [2.05, 4.69) is 19.6 Å². The van der Waals surface area contributed by atoms with Crippen LogP contribution in [0.4, 0.5) is 0 Å². The van der Waals surface area contributed by atoms with E-state index >= 15 is 0 Å². The summed E-state index contributed by atoms with van der Waals surface area (Å²) in [6.07, 6.45) is 0. The van der Waals surface area contributed by atoms with Gasteiger partial charge in [-0.3, -0.25) is 0 Å². The molecule has 4 aromatic carbocycles. The van der Waals surface area contributed by atoms with Crippen molar-refractivity contribution in [1.29, 1.82) is 0 Å². The Morgan fingerprint density at radius 1 is 0.378 bits per heavy atom. The van der Waals surface area contributed by atoms with E-state index in [1.165, 1.54) is 97.1 Å². The van der Waals surface area contributed by atoms with Gasteiger partial charge in [0.05, 0.1) is 0 Å². The van der Waals surface area contributed by atoms with E-state index in [1.54, 1.807) is 0 Å². The van der Waals surface area contributed by atoms with Crippen molar-refractivity contribution in [3.05, 3.63) is 119 Å². The van der Waals surface area contributed by atoms with Gasteiger partial charge in [-0.15, -0.1) is 0 Å². The molecular formula is C28H20O16Pb-4. The van der Waals surface area contributed by atoms with Crippen molar-refractivity contribution < 1.29 is 80.2 Å². The Bertz CT molecular complexity index is 1310. The number of para-hydroxylation sites is 4. The van der Waals surface area contributed by atoms with Crippen molar-refractivity contribution in [3.63, 3.8) is 0 Å². The van der Waals surface area contributed by atoms with Gasteiger partial charge >= 0.3 is 23.9 Å². The van der Waals surface area contributed by atoms with Gasteiger partial charge in [-0.05, 0) is 48.5 Å². The fourth-order valence-electron chi connectivity index (χ4n) is 2.86. The molecule has 0 saturated carbocycles. The number of hydrogen-bond donors (Lipinski definition) is 4. The summed E-state index contributed by atoms with van der Waals surface area (Å²) in [7, 11) is 0. The maximum atomic E-state index is 10.4. The Hall–Kier alpha value is -5.28. The number of carboxylic acids is 4. The molecule has 0 saturated heterocycles. The number of carbonyl (C=O) groups is 4. The van der Waals surface area contributed by atoms with E-state index in [1.807, 2.05) is 0 Å². The van der Waals surface area contributed by atoms with Crippen LogP contribution in [0.15, 0.2) is 97.1 Å². The van der Waals surface area contributed by atoms with Gasteiger partial charge in [-0.25, -0.2) is 19.2 Å². The quantitative estimate of drug-likeness (QED) is 0.102. The standard InChI is InChI=1S/4C7H6O4.Pb/c4*8-7(9)5-3-1-2-4-6(5)11-10;/h4*1-4,10H,(H,8,9);/p-4. The topological polar surface area (TPSA) is 278 Å². The molecule has 4 rings (SSSR count). The van der Waals surface area contributed by atoms with Gasteiger partial charge in [-0.2, -0.15) is 0 Å². The second kappa shape index (κ2) is 21.4. The van der Waals surface area contributed by atoms with Gasteiger partial charge < -0.3 is 61.0 Å². The average molecular weight is 820 g/mol. The third kappa shape index (κ3) is 13.3. The second-order valence-electron chi connectivity index (χ2n) is 7.54. The van der Waals surface area contributed by atoms with Gasteiger partial charge in [0.15, 0.2) is 0 Å². The van der Waals surface area contributed by atoms with Crippen molar-refractivity contribution in [2.75, 3.05) is 0 Å². The maximum Gasteiger partial charge on any atom is 0.339 e. The van der Waals surface area contributed by atoms with Crippen molar-refractivity contribution in [2.24, 2.45) is 0 Å². The molecule has 16 nitrogen and oxygen atoms in total. The summed E-state index contributed by atoms with van der Waals surface area (Å²) in [6.45, 7) is 0. The minimum Gasteiger partial charge on any atom is -0.664 e. The summed E-state index contributed by atoms with van der Waals surface area (Å²) in [4.78, 5) is 55.8. The fraction of sp³-hybridized carbons (Fsp3) is 0. The molecule has 0 aliphatic rings. The summed E-state index contributed by atoms with van der Waals surface area (Å²) in [5.74, 6) is -5.35. The first kappa shape index (κ1) is 39.7. The smallest absolute Gasteiger partial charge is 0.339 e. The predicted molar refractivity (Wildman–Crippen MR) is 142 cm³/mol. The van der Waals surface area contributed by atoms with E-state index in [0.717, 1.165) is 0 Å². The van der Waals surface area contributed by atoms with E-state index < -0.39 is 23.9 Å². The summed E-state index contributed by atoms with van der Waals surface area (Å²) in [6, 6.07) is 22.6. The van der Waals surface area contributed by atoms with Crippen LogP contribution in [0.2, 0.25) is 0 Å². The molecule has 0 aromatic heterocycles. The molecule has 0 amide bonds. The van der Waals surface area contributed by atoms with Gasteiger partial charge in [0, 0.05) is 27.3 Å². The average Bonchev–Trinajstić information content (AvgIpc) is 3.05. The zero-order valence-corrected chi connectivity index (χ0v) is 26.3. The van der Waals surface area contributed by atoms with Gasteiger partial charge in [-0.1, -0.05) is 48.5 Å². The number of benzene rings is 4. The first-order valence-corrected chi connectivity index (χ1v) is 11.5. The normalized spacial score (nSPS) is 8.98. The minimum absolute atomic E-state index is 0. The Morgan fingerprint density at radius 3 is 0.644 bits per heavy atom.